The van der Waals surface area contributed by atoms with E-state index in [-0.39, 0.29) is 18.2 Å². The second kappa shape index (κ2) is 7.91. The van der Waals surface area contributed by atoms with E-state index in [2.05, 4.69) is 0 Å². The molecule has 122 valence electrons. The zero-order valence-electron chi connectivity index (χ0n) is 12.2. The third kappa shape index (κ3) is 4.11. The summed E-state index contributed by atoms with van der Waals surface area (Å²) in [7, 11) is 0. The first kappa shape index (κ1) is 17.9. The van der Waals surface area contributed by atoms with E-state index in [0.29, 0.717) is 32.0 Å². The number of hydrogen-bond acceptors (Lipinski definition) is 7. The summed E-state index contributed by atoms with van der Waals surface area (Å²) in [6.45, 7) is 2.29. The zero-order chi connectivity index (χ0) is 17.0. The Morgan fingerprint density at radius 3 is 2.83 bits per heavy atom. The Hall–Kier alpha value is -1.42. The van der Waals surface area contributed by atoms with Crippen molar-refractivity contribution in [2.24, 2.45) is 0 Å². The first-order chi connectivity index (χ1) is 11.0. The number of thioether (sulfide) groups is 2. The average molecular weight is 370 g/mol. The first-order valence-electron chi connectivity index (χ1n) is 6.75. The molecule has 1 heterocycles. The number of carbonyl (C=O) groups is 1. The van der Waals surface area contributed by atoms with Crippen LogP contribution in [0.5, 0.6) is 0 Å². The summed E-state index contributed by atoms with van der Waals surface area (Å²) < 4.78 is 0.494. The van der Waals surface area contributed by atoms with E-state index >= 15 is 0 Å². The van der Waals surface area contributed by atoms with Crippen LogP contribution in [0, 0.1) is 10.1 Å². The highest BCUT2D eigenvalue weighted by Gasteiger charge is 2.30. The van der Waals surface area contributed by atoms with Gasteiger partial charge in [0.05, 0.1) is 21.3 Å². The second-order valence-electron chi connectivity index (χ2n) is 4.48. The number of carbonyl (C=O) groups excluding carboxylic acids is 1. The molecule has 0 radical (unpaired) electrons. The largest absolute Gasteiger partial charge is 0.396 e. The molecule has 0 saturated carbocycles. The molecule has 1 N–H and O–H groups in total. The van der Waals surface area contributed by atoms with Crippen LogP contribution in [-0.2, 0) is 4.79 Å². The van der Waals surface area contributed by atoms with Crippen LogP contribution < -0.4 is 0 Å². The fourth-order valence-corrected chi connectivity index (χ4v) is 4.11. The maximum atomic E-state index is 12.2. The Labute approximate surface area is 147 Å². The van der Waals surface area contributed by atoms with Crippen LogP contribution in [0.4, 0.5) is 5.69 Å². The van der Waals surface area contributed by atoms with E-state index in [0.717, 1.165) is 0 Å². The number of likely N-dealkylation sites (N-methyl/N-ethyl adjacent to an activating group) is 1. The van der Waals surface area contributed by atoms with Gasteiger partial charge in [-0.25, -0.2) is 0 Å². The molecule has 6 nitrogen and oxygen atoms in total. The van der Waals surface area contributed by atoms with Gasteiger partial charge < -0.3 is 5.11 Å². The first-order valence-corrected chi connectivity index (χ1v) is 8.96. The molecule has 1 amide bonds. The monoisotopic (exact) mass is 370 g/mol. The van der Waals surface area contributed by atoms with Crippen molar-refractivity contribution in [3.8, 4) is 0 Å². The van der Waals surface area contributed by atoms with Gasteiger partial charge in [-0.05, 0) is 24.6 Å². The number of nitrogens with zero attached hydrogens (tertiary/aromatic N) is 2. The van der Waals surface area contributed by atoms with Crippen LogP contribution in [0.2, 0.25) is 0 Å². The molecule has 2 rings (SSSR count). The zero-order valence-corrected chi connectivity index (χ0v) is 14.7. The summed E-state index contributed by atoms with van der Waals surface area (Å²) >= 11 is 7.55. The lowest BCUT2D eigenvalue weighted by Gasteiger charge is -2.09. The highest BCUT2D eigenvalue weighted by Crippen LogP contribution is 2.34. The van der Waals surface area contributed by atoms with Gasteiger partial charge in [-0.2, -0.15) is 0 Å². The number of hydrogen-bond donors (Lipinski definition) is 1. The second-order valence-corrected chi connectivity index (χ2v) is 7.29. The number of thiocarbonyl (C=S) groups is 1. The number of amides is 1. The number of aliphatic hydroxyl groups excluding tert-OH is 1. The molecule has 1 aliphatic heterocycles. The van der Waals surface area contributed by atoms with Crippen molar-refractivity contribution in [2.75, 3.05) is 18.9 Å². The van der Waals surface area contributed by atoms with Crippen molar-refractivity contribution in [3.63, 3.8) is 0 Å². The Balaban J connectivity index is 2.32. The van der Waals surface area contributed by atoms with Gasteiger partial charge in [0.25, 0.3) is 11.6 Å². The Morgan fingerprint density at radius 1 is 1.52 bits per heavy atom. The Kier molecular flexibility index (Phi) is 6.17. The molecule has 0 unspecified atom stereocenters. The summed E-state index contributed by atoms with van der Waals surface area (Å²) in [4.78, 5) is 25.3. The summed E-state index contributed by atoms with van der Waals surface area (Å²) in [5, 5.41) is 20.0. The molecule has 1 aromatic rings. The molecular weight excluding hydrogens is 356 g/mol. The molecule has 1 saturated heterocycles. The number of nitro benzene ring substituents is 1. The SMILES string of the molecule is CCN1C(=O)/C(=C\c2ccc(SCCO)c([N+](=O)[O-])c2)SC1=S. The highest BCUT2D eigenvalue weighted by molar-refractivity contribution is 8.26. The molecule has 1 fully saturated rings. The average Bonchev–Trinajstić information content (AvgIpc) is 2.79. The molecule has 9 heteroatoms. The van der Waals surface area contributed by atoms with Gasteiger partial charge >= 0.3 is 0 Å². The number of rotatable bonds is 6. The predicted molar refractivity (Wildman–Crippen MR) is 96.5 cm³/mol. The maximum absolute atomic E-state index is 12.2. The fourth-order valence-electron chi connectivity index (χ4n) is 1.97. The fraction of sp³-hybridized carbons (Fsp3) is 0.286. The molecule has 0 aromatic heterocycles. The predicted octanol–water partition coefficient (Wildman–Crippen LogP) is 2.90. The van der Waals surface area contributed by atoms with E-state index in [1.165, 1.54) is 34.5 Å². The highest BCUT2D eigenvalue weighted by atomic mass is 32.2. The molecule has 0 spiro atoms. The smallest absolute Gasteiger partial charge is 0.283 e. The Bertz CT molecular complexity index is 691. The standard InChI is InChI=1S/C14H14N2O4S3/c1-2-15-13(18)12(23-14(15)21)8-9-3-4-11(22-6-5-17)10(7-9)16(19)20/h3-4,7-8,17H,2,5-6H2,1H3/b12-8+. The minimum absolute atomic E-state index is 0.0387. The van der Waals surface area contributed by atoms with Gasteiger partial charge in [-0.15, -0.1) is 11.8 Å². The number of aliphatic hydroxyl groups is 1. The molecule has 0 aliphatic carbocycles. The van der Waals surface area contributed by atoms with Crippen molar-refractivity contribution in [2.45, 2.75) is 11.8 Å². The maximum Gasteiger partial charge on any atom is 0.283 e. The topological polar surface area (TPSA) is 83.7 Å². The summed E-state index contributed by atoms with van der Waals surface area (Å²) in [5.74, 6) is 0.207. The summed E-state index contributed by atoms with van der Waals surface area (Å²) in [5.41, 5.74) is 0.532. The van der Waals surface area contributed by atoms with E-state index < -0.39 is 4.92 Å². The minimum Gasteiger partial charge on any atom is -0.396 e. The van der Waals surface area contributed by atoms with E-state index in [4.69, 9.17) is 17.3 Å². The van der Waals surface area contributed by atoms with Crippen LogP contribution >= 0.6 is 35.7 Å². The Morgan fingerprint density at radius 2 is 2.26 bits per heavy atom. The molecule has 0 atom stereocenters. The van der Waals surface area contributed by atoms with Gasteiger partial charge in [0.2, 0.25) is 0 Å². The molecule has 23 heavy (non-hydrogen) atoms. The van der Waals surface area contributed by atoms with Crippen molar-refractivity contribution < 1.29 is 14.8 Å². The van der Waals surface area contributed by atoms with Gasteiger partial charge in [-0.1, -0.05) is 30.0 Å². The lowest BCUT2D eigenvalue weighted by atomic mass is 10.2. The van der Waals surface area contributed by atoms with Crippen LogP contribution in [0.3, 0.4) is 0 Å². The van der Waals surface area contributed by atoms with Gasteiger partial charge in [0.15, 0.2) is 0 Å². The summed E-state index contributed by atoms with van der Waals surface area (Å²) in [6, 6.07) is 4.77. The molecule has 0 bridgehead atoms. The minimum atomic E-state index is -0.464. The van der Waals surface area contributed by atoms with Gasteiger partial charge in [-0.3, -0.25) is 19.8 Å². The van der Waals surface area contributed by atoms with Gasteiger partial charge in [0, 0.05) is 18.4 Å². The lowest BCUT2D eigenvalue weighted by molar-refractivity contribution is -0.387. The quantitative estimate of drug-likeness (QED) is 0.271. The van der Waals surface area contributed by atoms with Crippen molar-refractivity contribution in [1.29, 1.82) is 0 Å². The number of benzene rings is 1. The summed E-state index contributed by atoms with van der Waals surface area (Å²) in [6.07, 6.45) is 1.61. The van der Waals surface area contributed by atoms with Crippen LogP contribution in [0.15, 0.2) is 28.0 Å². The third-order valence-corrected chi connectivity index (χ3v) is 5.44. The van der Waals surface area contributed by atoms with Crippen LogP contribution in [-0.4, -0.2) is 44.1 Å². The lowest BCUT2D eigenvalue weighted by Crippen LogP contribution is -2.27. The molecule has 1 aromatic carbocycles. The van der Waals surface area contributed by atoms with Crippen LogP contribution in [0.1, 0.15) is 12.5 Å². The van der Waals surface area contributed by atoms with Crippen molar-refractivity contribution >= 4 is 57.7 Å². The number of nitro groups is 1. The van der Waals surface area contributed by atoms with E-state index in [1.54, 1.807) is 18.2 Å². The van der Waals surface area contributed by atoms with Crippen LogP contribution in [0.25, 0.3) is 6.08 Å². The third-order valence-electron chi connectivity index (χ3n) is 3.02. The van der Waals surface area contributed by atoms with Crippen molar-refractivity contribution in [1.82, 2.24) is 4.90 Å². The molecule has 1 aliphatic rings. The van der Waals surface area contributed by atoms with Gasteiger partial charge in [0.1, 0.15) is 4.32 Å². The van der Waals surface area contributed by atoms with E-state index in [1.807, 2.05) is 6.92 Å². The van der Waals surface area contributed by atoms with Crippen molar-refractivity contribution in [3.05, 3.63) is 38.8 Å². The normalized spacial score (nSPS) is 16.4. The van der Waals surface area contributed by atoms with E-state index in [9.17, 15) is 14.9 Å². The molecular formula is C14H14N2O4S3.